The van der Waals surface area contributed by atoms with E-state index < -0.39 is 22.0 Å². The van der Waals surface area contributed by atoms with Crippen LogP contribution in [0.25, 0.3) is 0 Å². The van der Waals surface area contributed by atoms with Crippen molar-refractivity contribution in [2.45, 2.75) is 17.7 Å². The van der Waals surface area contributed by atoms with Crippen LogP contribution >= 0.6 is 11.3 Å². The van der Waals surface area contributed by atoms with Gasteiger partial charge in [0.2, 0.25) is 10.0 Å². The van der Waals surface area contributed by atoms with E-state index in [1.807, 2.05) is 0 Å². The molecule has 1 aromatic rings. The van der Waals surface area contributed by atoms with Crippen LogP contribution in [0.2, 0.25) is 0 Å². The van der Waals surface area contributed by atoms with Crippen molar-refractivity contribution in [3.8, 4) is 0 Å². The van der Waals surface area contributed by atoms with Gasteiger partial charge in [-0.2, -0.15) is 0 Å². The van der Waals surface area contributed by atoms with Gasteiger partial charge in [-0.15, -0.1) is 11.3 Å². The lowest BCUT2D eigenvalue weighted by molar-refractivity contribution is -0.137. The Kier molecular flexibility index (Phi) is 5.45. The van der Waals surface area contributed by atoms with E-state index in [0.717, 1.165) is 11.3 Å². The fourth-order valence-corrected chi connectivity index (χ4v) is 3.68. The Labute approximate surface area is 114 Å². The lowest BCUT2D eigenvalue weighted by atomic mass is 10.3. The Hall–Kier alpha value is -1.45. The van der Waals surface area contributed by atoms with Crippen molar-refractivity contribution in [1.29, 1.82) is 0 Å². The fraction of sp³-hybridized carbons (Fsp3) is 0.400. The number of hydrogen-bond donors (Lipinski definition) is 2. The highest BCUT2D eigenvalue weighted by Crippen LogP contribution is 2.22. The quantitative estimate of drug-likeness (QED) is 0.566. The van der Waals surface area contributed by atoms with E-state index in [1.54, 1.807) is 0 Å². The number of nitrogens with one attached hydrogen (secondary N) is 1. The molecule has 0 radical (unpaired) electrons. The van der Waals surface area contributed by atoms with Crippen molar-refractivity contribution in [3.63, 3.8) is 0 Å². The summed E-state index contributed by atoms with van der Waals surface area (Å²) in [5.41, 5.74) is 0. The zero-order valence-electron chi connectivity index (χ0n) is 10.1. The van der Waals surface area contributed by atoms with Crippen LogP contribution in [0, 0.1) is 0 Å². The van der Waals surface area contributed by atoms with Crippen LogP contribution < -0.4 is 4.72 Å². The maximum absolute atomic E-state index is 11.9. The molecule has 0 fully saturated rings. The maximum atomic E-state index is 11.9. The number of methoxy groups -OCH3 is 1. The molecule has 0 spiro atoms. The van der Waals surface area contributed by atoms with Gasteiger partial charge in [-0.05, 0) is 17.9 Å². The molecule has 0 amide bonds. The van der Waals surface area contributed by atoms with Gasteiger partial charge in [0.05, 0.1) is 7.11 Å². The number of hydrogen-bond acceptors (Lipinski definition) is 6. The molecule has 0 aliphatic carbocycles. The minimum atomic E-state index is -3.83. The first-order valence-corrected chi connectivity index (χ1v) is 7.62. The van der Waals surface area contributed by atoms with Gasteiger partial charge in [0.25, 0.3) is 0 Å². The van der Waals surface area contributed by atoms with E-state index in [1.165, 1.54) is 18.6 Å². The zero-order chi connectivity index (χ0) is 14.5. The summed E-state index contributed by atoms with van der Waals surface area (Å²) in [5.74, 6) is -1.72. The molecular formula is C10H13NO6S2. The molecule has 1 aromatic heterocycles. The molecule has 9 heteroatoms. The molecule has 0 atom stereocenters. The molecule has 0 saturated heterocycles. The number of ether oxygens (including phenoxy) is 1. The number of esters is 1. The average Bonchev–Trinajstić information content (AvgIpc) is 2.83. The van der Waals surface area contributed by atoms with Gasteiger partial charge in [-0.3, -0.25) is 4.79 Å². The van der Waals surface area contributed by atoms with Gasteiger partial charge >= 0.3 is 11.9 Å². The molecular weight excluding hydrogens is 294 g/mol. The Morgan fingerprint density at radius 1 is 1.47 bits per heavy atom. The highest BCUT2D eigenvalue weighted by Gasteiger charge is 2.24. The maximum Gasteiger partial charge on any atom is 0.349 e. The number of carbonyl (C=O) groups is 2. The van der Waals surface area contributed by atoms with Crippen LogP contribution in [0.5, 0.6) is 0 Å². The van der Waals surface area contributed by atoms with Gasteiger partial charge < -0.3 is 9.84 Å². The van der Waals surface area contributed by atoms with E-state index in [0.29, 0.717) is 0 Å². The molecule has 0 unspecified atom stereocenters. The second-order valence-corrected chi connectivity index (χ2v) is 6.15. The average molecular weight is 307 g/mol. The molecule has 1 heterocycles. The number of carboxylic acids is 1. The first-order valence-electron chi connectivity index (χ1n) is 5.25. The van der Waals surface area contributed by atoms with Crippen LogP contribution in [-0.2, 0) is 19.6 Å². The predicted octanol–water partition coefficient (Wildman–Crippen LogP) is 0.678. The van der Waals surface area contributed by atoms with Crippen molar-refractivity contribution in [3.05, 3.63) is 16.3 Å². The molecule has 2 N–H and O–H groups in total. The van der Waals surface area contributed by atoms with Crippen LogP contribution in [0.3, 0.4) is 0 Å². The van der Waals surface area contributed by atoms with Gasteiger partial charge in [0, 0.05) is 13.0 Å². The minimum absolute atomic E-state index is 0.00626. The highest BCUT2D eigenvalue weighted by molar-refractivity contribution is 7.89. The molecule has 0 aliphatic heterocycles. The second-order valence-electron chi connectivity index (χ2n) is 3.50. The topological polar surface area (TPSA) is 110 Å². The molecule has 7 nitrogen and oxygen atoms in total. The summed E-state index contributed by atoms with van der Waals surface area (Å²) >= 11 is 0.965. The second kappa shape index (κ2) is 6.64. The lowest BCUT2D eigenvalue weighted by Crippen LogP contribution is -2.26. The van der Waals surface area contributed by atoms with Crippen molar-refractivity contribution in [2.24, 2.45) is 0 Å². The number of thiophene rings is 1. The van der Waals surface area contributed by atoms with Crippen molar-refractivity contribution in [1.82, 2.24) is 4.72 Å². The van der Waals surface area contributed by atoms with Crippen LogP contribution in [0.15, 0.2) is 16.3 Å². The van der Waals surface area contributed by atoms with Crippen molar-refractivity contribution < 1.29 is 27.9 Å². The normalized spacial score (nSPS) is 11.2. The standard InChI is InChI=1S/C10H13NO6S2/c1-17-10(14)9-7(4-6-18-9)19(15,16)11-5-2-3-8(12)13/h4,6,11H,2-3,5H2,1H3,(H,12,13). The van der Waals surface area contributed by atoms with E-state index in [-0.39, 0.29) is 29.2 Å². The van der Waals surface area contributed by atoms with E-state index in [9.17, 15) is 18.0 Å². The monoisotopic (exact) mass is 307 g/mol. The van der Waals surface area contributed by atoms with E-state index >= 15 is 0 Å². The van der Waals surface area contributed by atoms with Gasteiger partial charge in [-0.1, -0.05) is 0 Å². The van der Waals surface area contributed by atoms with Crippen LogP contribution in [-0.4, -0.2) is 39.1 Å². The summed E-state index contributed by atoms with van der Waals surface area (Å²) in [6, 6.07) is 1.30. The first-order chi connectivity index (χ1) is 8.88. The van der Waals surface area contributed by atoms with Gasteiger partial charge in [-0.25, -0.2) is 17.9 Å². The van der Waals surface area contributed by atoms with Crippen LogP contribution in [0.1, 0.15) is 22.5 Å². The first kappa shape index (κ1) is 15.6. The summed E-state index contributed by atoms with van der Waals surface area (Å²) in [6.45, 7) is -0.00884. The Balaban J connectivity index is 2.75. The van der Waals surface area contributed by atoms with Gasteiger partial charge in [0.15, 0.2) is 0 Å². The fourth-order valence-electron chi connectivity index (χ4n) is 1.27. The summed E-state index contributed by atoms with van der Waals surface area (Å²) in [7, 11) is -2.67. The van der Waals surface area contributed by atoms with Crippen molar-refractivity contribution >= 4 is 33.3 Å². The van der Waals surface area contributed by atoms with E-state index in [4.69, 9.17) is 5.11 Å². The third kappa shape index (κ3) is 4.30. The summed E-state index contributed by atoms with van der Waals surface area (Å²) in [5, 5.41) is 9.91. The number of carbonyl (C=O) groups excluding carboxylic acids is 1. The van der Waals surface area contributed by atoms with Crippen LogP contribution in [0.4, 0.5) is 0 Å². The Morgan fingerprint density at radius 3 is 2.74 bits per heavy atom. The number of sulfonamides is 1. The molecule has 1 rings (SSSR count). The molecule has 0 aliphatic rings. The van der Waals surface area contributed by atoms with Crippen molar-refractivity contribution in [2.75, 3.05) is 13.7 Å². The van der Waals surface area contributed by atoms with Gasteiger partial charge in [0.1, 0.15) is 9.77 Å². The highest BCUT2D eigenvalue weighted by atomic mass is 32.2. The molecule has 0 saturated carbocycles. The molecule has 106 valence electrons. The molecule has 0 aromatic carbocycles. The smallest absolute Gasteiger partial charge is 0.349 e. The summed E-state index contributed by atoms with van der Waals surface area (Å²) in [6.07, 6.45) is 0.0439. The minimum Gasteiger partial charge on any atom is -0.481 e. The Bertz CT molecular complexity index is 562. The number of rotatable bonds is 7. The summed E-state index contributed by atoms with van der Waals surface area (Å²) in [4.78, 5) is 21.5. The molecule has 0 bridgehead atoms. The number of aliphatic carboxylic acids is 1. The lowest BCUT2D eigenvalue weighted by Gasteiger charge is -2.06. The SMILES string of the molecule is COC(=O)c1sccc1S(=O)(=O)NCCCC(=O)O. The zero-order valence-corrected chi connectivity index (χ0v) is 11.7. The predicted molar refractivity (Wildman–Crippen MR) is 67.7 cm³/mol. The third-order valence-electron chi connectivity index (χ3n) is 2.15. The third-order valence-corrected chi connectivity index (χ3v) is 4.68. The number of carboxylic acid groups (broad SMARTS) is 1. The summed E-state index contributed by atoms with van der Waals surface area (Å²) < 4.78 is 30.6. The Morgan fingerprint density at radius 2 is 2.16 bits per heavy atom. The largest absolute Gasteiger partial charge is 0.481 e. The molecule has 19 heavy (non-hydrogen) atoms. The van der Waals surface area contributed by atoms with E-state index in [2.05, 4.69) is 9.46 Å².